The predicted octanol–water partition coefficient (Wildman–Crippen LogP) is 1.70. The number of rotatable bonds is 9. The minimum Gasteiger partial charge on any atom is -0.382 e. The number of ether oxygens (including phenoxy) is 1. The van der Waals surface area contributed by atoms with Crippen LogP contribution in [0.2, 0.25) is 0 Å². The van der Waals surface area contributed by atoms with Crippen LogP contribution < -0.4 is 16.2 Å². The molecular weight excluding hydrogens is 346 g/mol. The first-order valence-corrected chi connectivity index (χ1v) is 8.93. The van der Waals surface area contributed by atoms with Gasteiger partial charge in [0.05, 0.1) is 5.56 Å². The number of H-pyrrole nitrogens is 1. The molecule has 0 saturated heterocycles. The molecule has 1 aromatic heterocycles. The summed E-state index contributed by atoms with van der Waals surface area (Å²) in [6.07, 6.45) is 2.01. The lowest BCUT2D eigenvalue weighted by atomic mass is 10.0. The van der Waals surface area contributed by atoms with Crippen molar-refractivity contribution in [1.82, 2.24) is 15.6 Å². The first-order chi connectivity index (χ1) is 13.0. The van der Waals surface area contributed by atoms with Crippen LogP contribution in [0.1, 0.15) is 40.9 Å². The number of amides is 2. The van der Waals surface area contributed by atoms with E-state index >= 15 is 0 Å². The third-order valence-electron chi connectivity index (χ3n) is 3.96. The summed E-state index contributed by atoms with van der Waals surface area (Å²) in [4.78, 5) is 38.8. The van der Waals surface area contributed by atoms with Crippen molar-refractivity contribution in [3.05, 3.63) is 69.6 Å². The highest BCUT2D eigenvalue weighted by molar-refractivity contribution is 5.97. The standard InChI is InChI=1S/C20H25N3O4/c1-3-27-12-4-11-21-20(26)18(15-7-5-14(2)6-8-15)23-19(25)16-9-10-17(24)22-13-16/h5-10,13,18H,3-4,11-12H2,1-2H3,(H,21,26)(H,22,24)(H,23,25)/t18-/m1/s1. The molecule has 3 N–H and O–H groups in total. The Morgan fingerprint density at radius 3 is 2.52 bits per heavy atom. The SMILES string of the molecule is CCOCCCNC(=O)[C@H](NC(=O)c1ccc(=O)[nH]c1)c1ccc(C)cc1. The van der Waals surface area contributed by atoms with Crippen molar-refractivity contribution >= 4 is 11.8 Å². The highest BCUT2D eigenvalue weighted by Gasteiger charge is 2.23. The molecule has 1 heterocycles. The molecule has 1 aromatic carbocycles. The topological polar surface area (TPSA) is 100 Å². The van der Waals surface area contributed by atoms with Gasteiger partial charge in [0.25, 0.3) is 5.91 Å². The molecule has 7 nitrogen and oxygen atoms in total. The lowest BCUT2D eigenvalue weighted by Gasteiger charge is -2.19. The Kier molecular flexibility index (Phi) is 7.76. The Balaban J connectivity index is 2.10. The van der Waals surface area contributed by atoms with Crippen LogP contribution in [0, 0.1) is 6.92 Å². The van der Waals surface area contributed by atoms with E-state index in [0.717, 1.165) is 5.56 Å². The van der Waals surface area contributed by atoms with Crippen LogP contribution in [0.4, 0.5) is 0 Å². The Morgan fingerprint density at radius 2 is 1.89 bits per heavy atom. The second-order valence-corrected chi connectivity index (χ2v) is 6.10. The van der Waals surface area contributed by atoms with Crippen molar-refractivity contribution in [2.24, 2.45) is 0 Å². The molecule has 0 aliphatic carbocycles. The fourth-order valence-corrected chi connectivity index (χ4v) is 2.46. The van der Waals surface area contributed by atoms with Crippen molar-refractivity contribution < 1.29 is 14.3 Å². The molecule has 0 radical (unpaired) electrons. The zero-order valence-corrected chi connectivity index (χ0v) is 15.6. The average Bonchev–Trinajstić information content (AvgIpc) is 2.67. The number of benzene rings is 1. The van der Waals surface area contributed by atoms with E-state index in [1.807, 2.05) is 38.1 Å². The van der Waals surface area contributed by atoms with Crippen molar-refractivity contribution in [1.29, 1.82) is 0 Å². The van der Waals surface area contributed by atoms with E-state index in [0.29, 0.717) is 31.7 Å². The van der Waals surface area contributed by atoms with Crippen LogP contribution in [-0.2, 0) is 9.53 Å². The third kappa shape index (κ3) is 6.38. The molecule has 27 heavy (non-hydrogen) atoms. The number of carbonyl (C=O) groups excluding carboxylic acids is 2. The van der Waals surface area contributed by atoms with E-state index in [-0.39, 0.29) is 17.0 Å². The average molecular weight is 371 g/mol. The normalized spacial score (nSPS) is 11.6. The van der Waals surface area contributed by atoms with Crippen molar-refractivity contribution in [3.63, 3.8) is 0 Å². The molecule has 2 amide bonds. The molecule has 0 aliphatic heterocycles. The van der Waals surface area contributed by atoms with Gasteiger partial charge in [0.2, 0.25) is 11.5 Å². The van der Waals surface area contributed by atoms with Gasteiger partial charge in [-0.2, -0.15) is 0 Å². The molecule has 2 aromatic rings. The summed E-state index contributed by atoms with van der Waals surface area (Å²) in [6.45, 7) is 5.52. The number of aryl methyl sites for hydroxylation is 1. The van der Waals surface area contributed by atoms with E-state index in [4.69, 9.17) is 4.74 Å². The maximum absolute atomic E-state index is 12.7. The number of aromatic amines is 1. The van der Waals surface area contributed by atoms with E-state index in [9.17, 15) is 14.4 Å². The minimum absolute atomic E-state index is 0.274. The zero-order valence-electron chi connectivity index (χ0n) is 15.6. The summed E-state index contributed by atoms with van der Waals surface area (Å²) in [5.74, 6) is -0.741. The van der Waals surface area contributed by atoms with Crippen molar-refractivity contribution in [2.45, 2.75) is 26.3 Å². The summed E-state index contributed by atoms with van der Waals surface area (Å²) in [7, 11) is 0. The van der Waals surface area contributed by atoms with Crippen LogP contribution in [0.15, 0.2) is 47.4 Å². The maximum atomic E-state index is 12.7. The van der Waals surface area contributed by atoms with Gasteiger partial charge in [-0.3, -0.25) is 14.4 Å². The molecular formula is C20H25N3O4. The first-order valence-electron chi connectivity index (χ1n) is 8.93. The van der Waals surface area contributed by atoms with E-state index in [1.165, 1.54) is 18.3 Å². The molecule has 0 saturated carbocycles. The fraction of sp³-hybridized carbons (Fsp3) is 0.350. The second kappa shape index (κ2) is 10.3. The lowest BCUT2D eigenvalue weighted by Crippen LogP contribution is -2.41. The summed E-state index contributed by atoms with van der Waals surface area (Å²) in [5, 5.41) is 5.57. The Bertz CT molecular complexity index is 794. The van der Waals surface area contributed by atoms with Gasteiger partial charge in [0, 0.05) is 32.0 Å². The number of aromatic nitrogens is 1. The first kappa shape index (κ1) is 20.4. The summed E-state index contributed by atoms with van der Waals surface area (Å²) in [5.41, 5.74) is 1.71. The molecule has 7 heteroatoms. The summed E-state index contributed by atoms with van der Waals surface area (Å²) < 4.78 is 5.26. The number of nitrogens with one attached hydrogen (secondary N) is 3. The fourth-order valence-electron chi connectivity index (χ4n) is 2.46. The molecule has 1 atom stereocenters. The van der Waals surface area contributed by atoms with Gasteiger partial charge in [0.15, 0.2) is 0 Å². The van der Waals surface area contributed by atoms with Gasteiger partial charge in [-0.1, -0.05) is 29.8 Å². The van der Waals surface area contributed by atoms with Crippen LogP contribution in [0.25, 0.3) is 0 Å². The van der Waals surface area contributed by atoms with Crippen molar-refractivity contribution in [3.8, 4) is 0 Å². The molecule has 0 spiro atoms. The molecule has 0 unspecified atom stereocenters. The van der Waals surface area contributed by atoms with Gasteiger partial charge >= 0.3 is 0 Å². The van der Waals surface area contributed by atoms with Crippen LogP contribution in [-0.4, -0.2) is 36.6 Å². The molecule has 144 valence electrons. The van der Waals surface area contributed by atoms with E-state index in [1.54, 1.807) is 0 Å². The van der Waals surface area contributed by atoms with Crippen LogP contribution in [0.3, 0.4) is 0 Å². The lowest BCUT2D eigenvalue weighted by molar-refractivity contribution is -0.123. The summed E-state index contributed by atoms with van der Waals surface area (Å²) in [6, 6.07) is 9.24. The van der Waals surface area contributed by atoms with Crippen molar-refractivity contribution in [2.75, 3.05) is 19.8 Å². The monoisotopic (exact) mass is 371 g/mol. The van der Waals surface area contributed by atoms with E-state index in [2.05, 4.69) is 15.6 Å². The number of pyridine rings is 1. The number of hydrogen-bond acceptors (Lipinski definition) is 4. The van der Waals surface area contributed by atoms with Gasteiger partial charge in [-0.05, 0) is 31.9 Å². The van der Waals surface area contributed by atoms with E-state index < -0.39 is 11.9 Å². The minimum atomic E-state index is -0.836. The highest BCUT2D eigenvalue weighted by Crippen LogP contribution is 2.15. The molecule has 0 fully saturated rings. The quantitative estimate of drug-likeness (QED) is 0.584. The molecule has 0 bridgehead atoms. The number of hydrogen-bond donors (Lipinski definition) is 3. The van der Waals surface area contributed by atoms with Gasteiger partial charge in [-0.15, -0.1) is 0 Å². The summed E-state index contributed by atoms with van der Waals surface area (Å²) >= 11 is 0. The van der Waals surface area contributed by atoms with Crippen LogP contribution in [0.5, 0.6) is 0 Å². The predicted molar refractivity (Wildman–Crippen MR) is 103 cm³/mol. The third-order valence-corrected chi connectivity index (χ3v) is 3.96. The largest absolute Gasteiger partial charge is 0.382 e. The van der Waals surface area contributed by atoms with Gasteiger partial charge < -0.3 is 20.4 Å². The number of carbonyl (C=O) groups is 2. The Hall–Kier alpha value is -2.93. The smallest absolute Gasteiger partial charge is 0.253 e. The van der Waals surface area contributed by atoms with Gasteiger partial charge in [0.1, 0.15) is 6.04 Å². The maximum Gasteiger partial charge on any atom is 0.253 e. The molecule has 0 aliphatic rings. The van der Waals surface area contributed by atoms with Gasteiger partial charge in [-0.25, -0.2) is 0 Å². The Labute approximate surface area is 158 Å². The zero-order chi connectivity index (χ0) is 19.6. The second-order valence-electron chi connectivity index (χ2n) is 6.10. The molecule has 2 rings (SSSR count). The van der Waals surface area contributed by atoms with Crippen LogP contribution >= 0.6 is 0 Å². The highest BCUT2D eigenvalue weighted by atomic mass is 16.5. The Morgan fingerprint density at radius 1 is 1.15 bits per heavy atom.